The third-order valence-electron chi connectivity index (χ3n) is 3.87. The smallest absolute Gasteiger partial charge is 0.465 e. The van der Waals surface area contributed by atoms with Gasteiger partial charge in [0.2, 0.25) is 0 Å². The lowest BCUT2D eigenvalue weighted by Gasteiger charge is -2.38. The minimum atomic E-state index is -3.26. The first-order valence-corrected chi connectivity index (χ1v) is 10.0. The Hall–Kier alpha value is -0.883. The van der Waals surface area contributed by atoms with Crippen LogP contribution in [0.4, 0.5) is 0 Å². The molecule has 0 saturated heterocycles. The number of carbonyl (C=O) groups excluding carboxylic acids is 2. The number of hydrogen-bond acceptors (Lipinski definition) is 5. The summed E-state index contributed by atoms with van der Waals surface area (Å²) in [7, 11) is -3.26. The maximum atomic E-state index is 11.3. The van der Waals surface area contributed by atoms with E-state index in [1.165, 1.54) is 20.3 Å². The summed E-state index contributed by atoms with van der Waals surface area (Å²) in [6, 6.07) is 0. The Labute approximate surface area is 128 Å². The van der Waals surface area contributed by atoms with Gasteiger partial charge >= 0.3 is 8.80 Å². The molecule has 1 saturated carbocycles. The molecule has 0 aromatic heterocycles. The van der Waals surface area contributed by atoms with Crippen molar-refractivity contribution in [3.63, 3.8) is 0 Å². The molecule has 1 rings (SSSR count). The average Bonchev–Trinajstić information content (AvgIpc) is 2.30. The fourth-order valence-corrected chi connectivity index (χ4v) is 5.12. The molecule has 0 N–H and O–H groups in total. The summed E-state index contributed by atoms with van der Waals surface area (Å²) in [5.41, 5.74) is 0. The van der Waals surface area contributed by atoms with E-state index in [9.17, 15) is 9.59 Å². The van der Waals surface area contributed by atoms with Gasteiger partial charge in [-0.1, -0.05) is 26.7 Å². The molecule has 0 heterocycles. The zero-order valence-corrected chi connectivity index (χ0v) is 14.8. The topological polar surface area (TPSA) is 61.8 Å². The van der Waals surface area contributed by atoms with E-state index in [4.69, 9.17) is 13.3 Å². The van der Waals surface area contributed by atoms with Gasteiger partial charge in [0, 0.05) is 20.4 Å². The quantitative estimate of drug-likeness (QED) is 0.704. The average molecular weight is 316 g/mol. The van der Waals surface area contributed by atoms with Gasteiger partial charge in [0.05, 0.1) is 6.10 Å². The maximum Gasteiger partial charge on any atom is 0.632 e. The molecular weight excluding hydrogens is 288 g/mol. The SMILES string of the molecule is CCCC1CCC(C)CC1O[Si](C)(OC(C)=O)OC(C)=O. The van der Waals surface area contributed by atoms with E-state index in [0.717, 1.165) is 25.7 Å². The molecule has 3 unspecified atom stereocenters. The van der Waals surface area contributed by atoms with Crippen molar-refractivity contribution in [1.29, 1.82) is 0 Å². The van der Waals surface area contributed by atoms with Gasteiger partial charge < -0.3 is 13.3 Å². The van der Waals surface area contributed by atoms with Gasteiger partial charge in [0.25, 0.3) is 11.9 Å². The molecule has 0 spiro atoms. The molecule has 1 fully saturated rings. The molecule has 1 aliphatic rings. The first kappa shape index (κ1) is 18.2. The molecule has 0 aromatic carbocycles. The van der Waals surface area contributed by atoms with Crippen molar-refractivity contribution in [2.24, 2.45) is 11.8 Å². The summed E-state index contributed by atoms with van der Waals surface area (Å²) in [5.74, 6) is 0.0859. The molecule has 0 radical (unpaired) electrons. The van der Waals surface area contributed by atoms with E-state index in [2.05, 4.69) is 13.8 Å². The second-order valence-electron chi connectivity index (χ2n) is 6.17. The predicted octanol–water partition coefficient (Wildman–Crippen LogP) is 3.30. The van der Waals surface area contributed by atoms with E-state index in [1.54, 1.807) is 6.55 Å². The van der Waals surface area contributed by atoms with Crippen molar-refractivity contribution >= 4 is 20.7 Å². The van der Waals surface area contributed by atoms with Crippen LogP contribution >= 0.6 is 0 Å². The van der Waals surface area contributed by atoms with E-state index in [0.29, 0.717) is 11.8 Å². The molecule has 0 amide bonds. The largest absolute Gasteiger partial charge is 0.632 e. The molecule has 5 nitrogen and oxygen atoms in total. The van der Waals surface area contributed by atoms with E-state index in [-0.39, 0.29) is 6.10 Å². The Balaban J connectivity index is 2.81. The van der Waals surface area contributed by atoms with E-state index >= 15 is 0 Å². The highest BCUT2D eigenvalue weighted by atomic mass is 28.4. The summed E-state index contributed by atoms with van der Waals surface area (Å²) in [6.45, 7) is 8.60. The molecule has 3 atom stereocenters. The van der Waals surface area contributed by atoms with Crippen LogP contribution in [0.2, 0.25) is 6.55 Å². The monoisotopic (exact) mass is 316 g/mol. The van der Waals surface area contributed by atoms with Crippen LogP contribution in [-0.4, -0.2) is 26.8 Å². The summed E-state index contributed by atoms with van der Waals surface area (Å²) >= 11 is 0. The molecular formula is C15H28O5Si. The van der Waals surface area contributed by atoms with Crippen molar-refractivity contribution in [3.8, 4) is 0 Å². The van der Waals surface area contributed by atoms with Gasteiger partial charge in [0.1, 0.15) is 0 Å². The lowest BCUT2D eigenvalue weighted by molar-refractivity contribution is -0.144. The first-order chi connectivity index (χ1) is 9.75. The van der Waals surface area contributed by atoms with Crippen LogP contribution < -0.4 is 0 Å². The summed E-state index contributed by atoms with van der Waals surface area (Å²) in [4.78, 5) is 22.6. The van der Waals surface area contributed by atoms with Crippen LogP contribution in [0.25, 0.3) is 0 Å². The molecule has 21 heavy (non-hydrogen) atoms. The Kier molecular flexibility index (Phi) is 6.87. The first-order valence-electron chi connectivity index (χ1n) is 7.82. The lowest BCUT2D eigenvalue weighted by Crippen LogP contribution is -2.50. The molecule has 0 aliphatic heterocycles. The zero-order chi connectivity index (χ0) is 16.0. The number of rotatable bonds is 6. The minimum absolute atomic E-state index is 0.00377. The Morgan fingerprint density at radius 2 is 1.71 bits per heavy atom. The van der Waals surface area contributed by atoms with E-state index < -0.39 is 20.7 Å². The number of carbonyl (C=O) groups is 2. The van der Waals surface area contributed by atoms with Crippen LogP contribution in [-0.2, 0) is 22.9 Å². The van der Waals surface area contributed by atoms with Crippen molar-refractivity contribution in [1.82, 2.24) is 0 Å². The van der Waals surface area contributed by atoms with Crippen molar-refractivity contribution in [2.75, 3.05) is 0 Å². The Morgan fingerprint density at radius 3 is 2.19 bits per heavy atom. The van der Waals surface area contributed by atoms with Crippen molar-refractivity contribution in [2.45, 2.75) is 72.5 Å². The van der Waals surface area contributed by atoms with Crippen LogP contribution in [0.15, 0.2) is 0 Å². The van der Waals surface area contributed by atoms with Crippen molar-refractivity contribution < 1.29 is 22.9 Å². The predicted molar refractivity (Wildman–Crippen MR) is 81.4 cm³/mol. The molecule has 122 valence electrons. The highest BCUT2D eigenvalue weighted by molar-refractivity contribution is 6.62. The standard InChI is InChI=1S/C15H28O5Si/c1-6-7-14-9-8-11(2)10-15(14)20-21(5,18-12(3)16)19-13(4)17/h11,14-15H,6-10H2,1-5H3. The van der Waals surface area contributed by atoms with Crippen LogP contribution in [0.1, 0.15) is 59.8 Å². The highest BCUT2D eigenvalue weighted by Gasteiger charge is 2.46. The Morgan fingerprint density at radius 1 is 1.14 bits per heavy atom. The van der Waals surface area contributed by atoms with Crippen LogP contribution in [0, 0.1) is 11.8 Å². The van der Waals surface area contributed by atoms with Gasteiger partial charge in [-0.05, 0) is 31.1 Å². The molecule has 0 bridgehead atoms. The Bertz CT molecular complexity index is 355. The fourth-order valence-electron chi connectivity index (χ4n) is 3.10. The van der Waals surface area contributed by atoms with Crippen molar-refractivity contribution in [3.05, 3.63) is 0 Å². The zero-order valence-electron chi connectivity index (χ0n) is 13.8. The fraction of sp³-hybridized carbons (Fsp3) is 0.867. The third kappa shape index (κ3) is 6.18. The molecule has 6 heteroatoms. The number of hydrogen-bond donors (Lipinski definition) is 0. The summed E-state index contributed by atoms with van der Waals surface area (Å²) in [5, 5.41) is 0. The minimum Gasteiger partial charge on any atom is -0.465 e. The molecule has 0 aromatic rings. The summed E-state index contributed by atoms with van der Waals surface area (Å²) in [6.07, 6.45) is 5.42. The molecule has 1 aliphatic carbocycles. The normalized spacial score (nSPS) is 26.2. The maximum absolute atomic E-state index is 11.3. The van der Waals surface area contributed by atoms with Gasteiger partial charge in [-0.25, -0.2) is 0 Å². The van der Waals surface area contributed by atoms with Gasteiger partial charge in [-0.2, -0.15) is 0 Å². The van der Waals surface area contributed by atoms with E-state index in [1.807, 2.05) is 0 Å². The van der Waals surface area contributed by atoms with Gasteiger partial charge in [-0.15, -0.1) is 0 Å². The highest BCUT2D eigenvalue weighted by Crippen LogP contribution is 2.35. The van der Waals surface area contributed by atoms with Crippen LogP contribution in [0.5, 0.6) is 0 Å². The van der Waals surface area contributed by atoms with Gasteiger partial charge in [-0.3, -0.25) is 9.59 Å². The second kappa shape index (κ2) is 7.94. The second-order valence-corrected chi connectivity index (χ2v) is 8.54. The lowest BCUT2D eigenvalue weighted by atomic mass is 9.79. The van der Waals surface area contributed by atoms with Crippen LogP contribution in [0.3, 0.4) is 0 Å². The van der Waals surface area contributed by atoms with Gasteiger partial charge in [0.15, 0.2) is 0 Å². The third-order valence-corrected chi connectivity index (χ3v) is 5.92. The summed E-state index contributed by atoms with van der Waals surface area (Å²) < 4.78 is 16.6.